The molecule has 0 saturated carbocycles. The summed E-state index contributed by atoms with van der Waals surface area (Å²) in [6, 6.07) is 7.43. The van der Waals surface area contributed by atoms with E-state index in [2.05, 4.69) is 4.18 Å². The first-order valence-corrected chi connectivity index (χ1v) is 9.53. The minimum Gasteiger partial charge on any atom is -0.488 e. The summed E-state index contributed by atoms with van der Waals surface area (Å²) in [6.45, 7) is 0.0264. The van der Waals surface area contributed by atoms with Crippen molar-refractivity contribution < 1.29 is 35.3 Å². The molecule has 0 unspecified atom stereocenters. The molecule has 0 bridgehead atoms. The van der Waals surface area contributed by atoms with E-state index in [-0.39, 0.29) is 12.4 Å². The lowest BCUT2D eigenvalue weighted by molar-refractivity contribution is -0.0500. The number of fused-ring (bicyclic) bond motifs is 4. The highest BCUT2D eigenvalue weighted by Crippen LogP contribution is 2.42. The summed E-state index contributed by atoms with van der Waals surface area (Å²) < 4.78 is 69.6. The van der Waals surface area contributed by atoms with Crippen molar-refractivity contribution in [2.45, 2.75) is 31.4 Å². The first kappa shape index (κ1) is 17.8. The van der Waals surface area contributed by atoms with Crippen LogP contribution in [0.15, 0.2) is 30.3 Å². The Kier molecular flexibility index (Phi) is 3.95. The number of benzene rings is 2. The molecule has 1 heterocycles. The SMILES string of the molecule is O=C1CCCc2cc3c(cc21)OCc1cc(OS(=O)(=O)C(F)(F)F)ccc1-3. The van der Waals surface area contributed by atoms with Crippen molar-refractivity contribution in [1.29, 1.82) is 0 Å². The quantitative estimate of drug-likeness (QED) is 0.565. The zero-order chi connectivity index (χ0) is 19.4. The van der Waals surface area contributed by atoms with Gasteiger partial charge in [-0.15, -0.1) is 0 Å². The Labute approximate surface area is 152 Å². The number of hydrogen-bond acceptors (Lipinski definition) is 5. The average Bonchev–Trinajstić information content (AvgIpc) is 2.59. The lowest BCUT2D eigenvalue weighted by atomic mass is 9.86. The molecule has 2 aromatic rings. The van der Waals surface area contributed by atoms with E-state index in [1.807, 2.05) is 6.07 Å². The molecule has 0 spiro atoms. The molecule has 0 amide bonds. The fourth-order valence-corrected chi connectivity index (χ4v) is 3.78. The van der Waals surface area contributed by atoms with Crippen LogP contribution in [0.4, 0.5) is 13.2 Å². The van der Waals surface area contributed by atoms with Crippen LogP contribution in [-0.2, 0) is 23.1 Å². The molecule has 0 atom stereocenters. The molecular weight excluding hydrogens is 385 g/mol. The molecule has 0 aromatic heterocycles. The first-order valence-electron chi connectivity index (χ1n) is 8.13. The van der Waals surface area contributed by atoms with Crippen molar-refractivity contribution in [3.8, 4) is 22.6 Å². The molecule has 2 aliphatic rings. The van der Waals surface area contributed by atoms with E-state index in [0.29, 0.717) is 28.9 Å². The van der Waals surface area contributed by atoms with Gasteiger partial charge in [0.2, 0.25) is 0 Å². The second-order valence-corrected chi connectivity index (χ2v) is 7.91. The summed E-state index contributed by atoms with van der Waals surface area (Å²) in [5, 5.41) is 0. The summed E-state index contributed by atoms with van der Waals surface area (Å²) in [5.41, 5.74) is -2.04. The number of halogens is 3. The zero-order valence-electron chi connectivity index (χ0n) is 13.8. The lowest BCUT2D eigenvalue weighted by Crippen LogP contribution is -2.28. The first-order chi connectivity index (χ1) is 12.7. The molecule has 0 saturated heterocycles. The fourth-order valence-electron chi connectivity index (χ4n) is 3.33. The molecule has 5 nitrogen and oxygen atoms in total. The zero-order valence-corrected chi connectivity index (χ0v) is 14.6. The number of ketones is 1. The molecule has 142 valence electrons. The Morgan fingerprint density at radius 2 is 1.74 bits per heavy atom. The second-order valence-electron chi connectivity index (χ2n) is 6.37. The lowest BCUT2D eigenvalue weighted by Gasteiger charge is -2.25. The maximum Gasteiger partial charge on any atom is 0.534 e. The van der Waals surface area contributed by atoms with Crippen LogP contribution < -0.4 is 8.92 Å². The van der Waals surface area contributed by atoms with Gasteiger partial charge in [0.1, 0.15) is 18.1 Å². The van der Waals surface area contributed by atoms with Gasteiger partial charge in [0.25, 0.3) is 0 Å². The van der Waals surface area contributed by atoms with Crippen LogP contribution in [0, 0.1) is 0 Å². The predicted octanol–water partition coefficient (Wildman–Crippen LogP) is 3.99. The van der Waals surface area contributed by atoms with Crippen LogP contribution in [0.2, 0.25) is 0 Å². The number of hydrogen-bond donors (Lipinski definition) is 0. The molecule has 0 fully saturated rings. The molecule has 4 rings (SSSR count). The summed E-state index contributed by atoms with van der Waals surface area (Å²) >= 11 is 0. The Morgan fingerprint density at radius 3 is 2.48 bits per heavy atom. The Hall–Kier alpha value is -2.55. The molecular formula is C18H13F3O5S. The largest absolute Gasteiger partial charge is 0.534 e. The van der Waals surface area contributed by atoms with E-state index >= 15 is 0 Å². The number of carbonyl (C=O) groups excluding carboxylic acids is 1. The monoisotopic (exact) mass is 398 g/mol. The summed E-state index contributed by atoms with van der Waals surface area (Å²) in [4.78, 5) is 12.1. The van der Waals surface area contributed by atoms with E-state index in [9.17, 15) is 26.4 Å². The number of alkyl halides is 3. The van der Waals surface area contributed by atoms with E-state index in [1.54, 1.807) is 6.07 Å². The van der Waals surface area contributed by atoms with E-state index in [1.165, 1.54) is 18.2 Å². The van der Waals surface area contributed by atoms with Crippen LogP contribution in [0.5, 0.6) is 11.5 Å². The van der Waals surface area contributed by atoms with Gasteiger partial charge in [0.15, 0.2) is 5.78 Å². The minimum absolute atomic E-state index is 0.0264. The highest BCUT2D eigenvalue weighted by Gasteiger charge is 2.48. The molecule has 27 heavy (non-hydrogen) atoms. The third-order valence-electron chi connectivity index (χ3n) is 4.60. The van der Waals surface area contributed by atoms with Crippen LogP contribution in [0.3, 0.4) is 0 Å². The number of rotatable bonds is 2. The number of Topliss-reactive ketones (excluding diaryl/α,β-unsaturated/α-hetero) is 1. The topological polar surface area (TPSA) is 69.7 Å². The van der Waals surface area contributed by atoms with Crippen molar-refractivity contribution in [1.82, 2.24) is 0 Å². The van der Waals surface area contributed by atoms with E-state index in [0.717, 1.165) is 24.0 Å². The van der Waals surface area contributed by atoms with Gasteiger partial charge in [-0.05, 0) is 48.2 Å². The molecule has 9 heteroatoms. The number of aryl methyl sites for hydroxylation is 1. The molecule has 1 aliphatic heterocycles. The van der Waals surface area contributed by atoms with Crippen molar-refractivity contribution in [3.63, 3.8) is 0 Å². The van der Waals surface area contributed by atoms with Gasteiger partial charge in [-0.25, -0.2) is 0 Å². The van der Waals surface area contributed by atoms with Crippen molar-refractivity contribution in [2.75, 3.05) is 0 Å². The standard InChI is InChI=1S/C18H13F3O5S/c19-18(20,21)27(23,24)26-12-4-5-13-11(6-12)9-25-17-8-14-10(7-15(13)17)2-1-3-16(14)22/h4-8H,1-3,9H2. The molecule has 1 aliphatic carbocycles. The smallest absolute Gasteiger partial charge is 0.488 e. The van der Waals surface area contributed by atoms with Crippen LogP contribution >= 0.6 is 0 Å². The Morgan fingerprint density at radius 1 is 0.963 bits per heavy atom. The highest BCUT2D eigenvalue weighted by molar-refractivity contribution is 7.88. The average molecular weight is 398 g/mol. The Balaban J connectivity index is 1.73. The maximum absolute atomic E-state index is 12.5. The second kappa shape index (κ2) is 5.98. The molecule has 0 N–H and O–H groups in total. The van der Waals surface area contributed by atoms with E-state index < -0.39 is 21.4 Å². The van der Waals surface area contributed by atoms with Crippen molar-refractivity contribution in [3.05, 3.63) is 47.0 Å². The molecule has 2 aromatic carbocycles. The minimum atomic E-state index is -5.73. The van der Waals surface area contributed by atoms with Crippen molar-refractivity contribution >= 4 is 15.9 Å². The normalized spacial score (nSPS) is 16.0. The van der Waals surface area contributed by atoms with Gasteiger partial charge < -0.3 is 8.92 Å². The maximum atomic E-state index is 12.5. The van der Waals surface area contributed by atoms with Gasteiger partial charge in [0, 0.05) is 23.1 Å². The summed E-state index contributed by atoms with van der Waals surface area (Å²) in [7, 11) is -5.73. The summed E-state index contributed by atoms with van der Waals surface area (Å²) in [6.07, 6.45) is 2.02. The number of ether oxygens (including phenoxy) is 1. The van der Waals surface area contributed by atoms with Crippen LogP contribution in [0.25, 0.3) is 11.1 Å². The third-order valence-corrected chi connectivity index (χ3v) is 5.57. The van der Waals surface area contributed by atoms with Gasteiger partial charge in [0.05, 0.1) is 0 Å². The fraction of sp³-hybridized carbons (Fsp3) is 0.278. The predicted molar refractivity (Wildman–Crippen MR) is 89.1 cm³/mol. The number of carbonyl (C=O) groups is 1. The van der Waals surface area contributed by atoms with Gasteiger partial charge in [-0.3, -0.25) is 4.79 Å². The van der Waals surface area contributed by atoms with E-state index in [4.69, 9.17) is 4.74 Å². The van der Waals surface area contributed by atoms with Crippen LogP contribution in [0.1, 0.15) is 34.3 Å². The highest BCUT2D eigenvalue weighted by atomic mass is 32.2. The van der Waals surface area contributed by atoms with Crippen LogP contribution in [-0.4, -0.2) is 19.7 Å². The van der Waals surface area contributed by atoms with Gasteiger partial charge >= 0.3 is 15.6 Å². The van der Waals surface area contributed by atoms with Gasteiger partial charge in [-0.2, -0.15) is 21.6 Å². The third kappa shape index (κ3) is 3.05. The molecule has 0 radical (unpaired) electrons. The van der Waals surface area contributed by atoms with Crippen molar-refractivity contribution in [2.24, 2.45) is 0 Å². The van der Waals surface area contributed by atoms with Gasteiger partial charge in [-0.1, -0.05) is 6.07 Å². The summed E-state index contributed by atoms with van der Waals surface area (Å²) in [5.74, 6) is 0.147. The Bertz CT molecular complexity index is 1060.